The zero-order valence-corrected chi connectivity index (χ0v) is 11.0. The molecule has 88 valence electrons. The van der Waals surface area contributed by atoms with E-state index in [9.17, 15) is 0 Å². The second kappa shape index (κ2) is 4.63. The first-order chi connectivity index (χ1) is 8.36. The van der Waals surface area contributed by atoms with Crippen molar-refractivity contribution < 1.29 is 0 Å². The Labute approximate surface area is 109 Å². The molecule has 1 N–H and O–H groups in total. The monoisotopic (exact) mass is 291 g/mol. The highest BCUT2D eigenvalue weighted by molar-refractivity contribution is 9.10. The first-order valence-electron chi connectivity index (χ1n) is 5.87. The highest BCUT2D eigenvalue weighted by Crippen LogP contribution is 2.28. The number of hydrogen-bond donors (Lipinski definition) is 1. The number of rotatable bonds is 2. The maximum absolute atomic E-state index is 4.29. The summed E-state index contributed by atoms with van der Waals surface area (Å²) < 4.78 is 3.25. The van der Waals surface area contributed by atoms with Crippen molar-refractivity contribution in [3.63, 3.8) is 0 Å². The molecule has 0 amide bonds. The summed E-state index contributed by atoms with van der Waals surface area (Å²) >= 11 is 3.59. The van der Waals surface area contributed by atoms with Crippen molar-refractivity contribution in [2.45, 2.75) is 18.9 Å². The van der Waals surface area contributed by atoms with Crippen LogP contribution in [0.4, 0.5) is 0 Å². The number of aromatic nitrogens is 2. The molecule has 2 heterocycles. The maximum atomic E-state index is 4.29. The van der Waals surface area contributed by atoms with E-state index >= 15 is 0 Å². The van der Waals surface area contributed by atoms with Gasteiger partial charge in [-0.3, -0.25) is 0 Å². The fourth-order valence-corrected chi connectivity index (χ4v) is 2.82. The molecule has 1 aromatic heterocycles. The third kappa shape index (κ3) is 2.03. The van der Waals surface area contributed by atoms with Crippen molar-refractivity contribution in [3.8, 4) is 5.69 Å². The minimum atomic E-state index is 0.435. The molecule has 1 aromatic carbocycles. The normalized spacial score (nSPS) is 19.7. The van der Waals surface area contributed by atoms with Gasteiger partial charge in [-0.25, -0.2) is 4.98 Å². The smallest absolute Gasteiger partial charge is 0.0995 e. The number of para-hydroxylation sites is 1. The third-order valence-corrected chi connectivity index (χ3v) is 3.87. The van der Waals surface area contributed by atoms with Crippen LogP contribution in [0.2, 0.25) is 0 Å². The van der Waals surface area contributed by atoms with E-state index in [1.807, 2.05) is 24.7 Å². The van der Waals surface area contributed by atoms with E-state index in [2.05, 4.69) is 42.9 Å². The molecule has 1 aliphatic rings. The Balaban J connectivity index is 2.04. The standard InChI is InChI=1S/C13H14BrN3/c14-10-4-1-2-6-12(10)17-9-15-8-13(17)11-5-3-7-16-11/h1-2,4,6,8-9,11,16H,3,5,7H2/t11-/m0/s1. The molecule has 1 saturated heterocycles. The van der Waals surface area contributed by atoms with Gasteiger partial charge in [0.2, 0.25) is 0 Å². The third-order valence-electron chi connectivity index (χ3n) is 3.20. The number of hydrogen-bond acceptors (Lipinski definition) is 2. The summed E-state index contributed by atoms with van der Waals surface area (Å²) in [6.45, 7) is 1.10. The molecule has 3 rings (SSSR count). The highest BCUT2D eigenvalue weighted by atomic mass is 79.9. The molecule has 3 nitrogen and oxygen atoms in total. The fraction of sp³-hybridized carbons (Fsp3) is 0.308. The van der Waals surface area contributed by atoms with E-state index in [0.717, 1.165) is 16.7 Å². The quantitative estimate of drug-likeness (QED) is 0.922. The van der Waals surface area contributed by atoms with Crippen LogP contribution in [0.1, 0.15) is 24.6 Å². The van der Waals surface area contributed by atoms with Crippen LogP contribution in [0.5, 0.6) is 0 Å². The second-order valence-electron chi connectivity index (χ2n) is 4.29. The lowest BCUT2D eigenvalue weighted by atomic mass is 10.1. The number of imidazole rings is 1. The molecule has 1 atom stereocenters. The second-order valence-corrected chi connectivity index (χ2v) is 5.14. The average molecular weight is 292 g/mol. The largest absolute Gasteiger partial charge is 0.309 e. The minimum Gasteiger partial charge on any atom is -0.309 e. The highest BCUT2D eigenvalue weighted by Gasteiger charge is 2.20. The molecule has 1 aliphatic heterocycles. The molecular formula is C13H14BrN3. The van der Waals surface area contributed by atoms with E-state index in [4.69, 9.17) is 0 Å². The molecule has 0 unspecified atom stereocenters. The molecule has 2 aromatic rings. The fourth-order valence-electron chi connectivity index (χ4n) is 2.35. The van der Waals surface area contributed by atoms with Crippen molar-refractivity contribution in [1.82, 2.24) is 14.9 Å². The Hall–Kier alpha value is -1.13. The summed E-state index contributed by atoms with van der Waals surface area (Å²) in [5.74, 6) is 0. The summed E-state index contributed by atoms with van der Waals surface area (Å²) in [6, 6.07) is 8.67. The van der Waals surface area contributed by atoms with Crippen molar-refractivity contribution in [1.29, 1.82) is 0 Å². The number of nitrogens with zero attached hydrogens (tertiary/aromatic N) is 2. The SMILES string of the molecule is Brc1ccccc1-n1cncc1[C@@H]1CCCN1. The Kier molecular flexibility index (Phi) is 2.99. The Bertz CT molecular complexity index is 515. The van der Waals surface area contributed by atoms with Crippen molar-refractivity contribution in [2.24, 2.45) is 0 Å². The summed E-state index contributed by atoms with van der Waals surface area (Å²) in [7, 11) is 0. The summed E-state index contributed by atoms with van der Waals surface area (Å²) in [5, 5.41) is 3.51. The van der Waals surface area contributed by atoms with Gasteiger partial charge in [-0.1, -0.05) is 12.1 Å². The lowest BCUT2D eigenvalue weighted by Crippen LogP contribution is -2.16. The van der Waals surface area contributed by atoms with Gasteiger partial charge >= 0.3 is 0 Å². The van der Waals surface area contributed by atoms with Crippen molar-refractivity contribution in [3.05, 3.63) is 47.0 Å². The topological polar surface area (TPSA) is 29.9 Å². The number of nitrogens with one attached hydrogen (secondary N) is 1. The Morgan fingerprint density at radius 2 is 2.24 bits per heavy atom. The molecule has 1 fully saturated rings. The summed E-state index contributed by atoms with van der Waals surface area (Å²) in [4.78, 5) is 4.29. The van der Waals surface area contributed by atoms with Crippen molar-refractivity contribution >= 4 is 15.9 Å². The average Bonchev–Trinajstić information content (AvgIpc) is 3.00. The molecule has 0 radical (unpaired) electrons. The Morgan fingerprint density at radius 3 is 3.00 bits per heavy atom. The van der Waals surface area contributed by atoms with Gasteiger partial charge in [-0.15, -0.1) is 0 Å². The molecule has 17 heavy (non-hydrogen) atoms. The van der Waals surface area contributed by atoms with Crippen LogP contribution >= 0.6 is 15.9 Å². The van der Waals surface area contributed by atoms with Crippen LogP contribution in [-0.2, 0) is 0 Å². The van der Waals surface area contributed by atoms with Crippen LogP contribution in [0.25, 0.3) is 5.69 Å². The van der Waals surface area contributed by atoms with Crippen LogP contribution in [-0.4, -0.2) is 16.1 Å². The molecule has 0 saturated carbocycles. The van der Waals surface area contributed by atoms with E-state index in [0.29, 0.717) is 6.04 Å². The van der Waals surface area contributed by atoms with E-state index in [1.54, 1.807) is 0 Å². The molecular weight excluding hydrogens is 278 g/mol. The lowest BCUT2D eigenvalue weighted by Gasteiger charge is -2.14. The van der Waals surface area contributed by atoms with Gasteiger partial charge in [0.05, 0.1) is 23.9 Å². The molecule has 0 spiro atoms. The predicted molar refractivity (Wildman–Crippen MR) is 71.2 cm³/mol. The van der Waals surface area contributed by atoms with Gasteiger partial charge < -0.3 is 9.88 Å². The van der Waals surface area contributed by atoms with E-state index < -0.39 is 0 Å². The van der Waals surface area contributed by atoms with Gasteiger partial charge in [0, 0.05) is 10.5 Å². The van der Waals surface area contributed by atoms with Crippen molar-refractivity contribution in [2.75, 3.05) is 6.54 Å². The van der Waals surface area contributed by atoms with Gasteiger partial charge in [0.1, 0.15) is 0 Å². The number of halogens is 1. The van der Waals surface area contributed by atoms with Gasteiger partial charge in [0.15, 0.2) is 0 Å². The Morgan fingerprint density at radius 1 is 1.35 bits per heavy atom. The predicted octanol–water partition coefficient (Wildman–Crippen LogP) is 3.06. The van der Waals surface area contributed by atoms with E-state index in [-0.39, 0.29) is 0 Å². The molecule has 0 aliphatic carbocycles. The molecule has 0 bridgehead atoms. The maximum Gasteiger partial charge on any atom is 0.0995 e. The molecule has 4 heteroatoms. The summed E-state index contributed by atoms with van der Waals surface area (Å²) in [6.07, 6.45) is 6.28. The van der Waals surface area contributed by atoms with Gasteiger partial charge in [-0.2, -0.15) is 0 Å². The summed E-state index contributed by atoms with van der Waals surface area (Å²) in [5.41, 5.74) is 2.39. The van der Waals surface area contributed by atoms with Gasteiger partial charge in [-0.05, 0) is 47.4 Å². The minimum absolute atomic E-state index is 0.435. The van der Waals surface area contributed by atoms with Crippen LogP contribution < -0.4 is 5.32 Å². The van der Waals surface area contributed by atoms with Gasteiger partial charge in [0.25, 0.3) is 0 Å². The lowest BCUT2D eigenvalue weighted by molar-refractivity contribution is 0.615. The first-order valence-corrected chi connectivity index (χ1v) is 6.66. The zero-order chi connectivity index (χ0) is 11.7. The first kappa shape index (κ1) is 11.0. The number of benzene rings is 1. The van der Waals surface area contributed by atoms with Crippen LogP contribution in [0.15, 0.2) is 41.3 Å². The van der Waals surface area contributed by atoms with Crippen LogP contribution in [0.3, 0.4) is 0 Å². The van der Waals surface area contributed by atoms with Crippen LogP contribution in [0, 0.1) is 0 Å². The zero-order valence-electron chi connectivity index (χ0n) is 9.44. The van der Waals surface area contributed by atoms with E-state index in [1.165, 1.54) is 18.5 Å².